The number of hydrogen-bond donors (Lipinski definition) is 5. The molecule has 2 saturated heterocycles. The number of hydroxylamine groups is 3. The standard InChI is InChI=1S/C30H57NO11/c1-12-21-30(8,37)25(35)17(4)22(32)15(2)14-29(7,39-11)26(18(5)23(33)19(6)27(36)41-21)42-28-24(34)20(31(9,10)38)13-16(3)40-28/h15-26,28,32-35,37H,12-14H2,1-11H3/t15-,16-,17+,18+,19-,20+,21-,22+,23+,24-,25-,26-,28+,29-,30-/m1/s1. The number of rotatable bonds is 5. The topological polar surface area (TPSA) is 178 Å². The van der Waals surface area contributed by atoms with E-state index >= 15 is 0 Å². The molecule has 5 N–H and O–H groups in total. The fourth-order valence-electron chi connectivity index (χ4n) is 6.87. The Balaban J connectivity index is 2.61. The average molecular weight is 608 g/mol. The van der Waals surface area contributed by atoms with Crippen molar-refractivity contribution in [3.8, 4) is 0 Å². The molecular weight excluding hydrogens is 550 g/mol. The first-order valence-electron chi connectivity index (χ1n) is 15.2. The second-order valence-electron chi connectivity index (χ2n) is 13.8. The van der Waals surface area contributed by atoms with Gasteiger partial charge in [0.1, 0.15) is 17.7 Å². The molecule has 0 aromatic heterocycles. The molecule has 0 amide bonds. The second-order valence-corrected chi connectivity index (χ2v) is 13.8. The third kappa shape index (κ3) is 7.82. The number of esters is 1. The van der Waals surface area contributed by atoms with Crippen LogP contribution in [0.1, 0.15) is 74.7 Å². The summed E-state index contributed by atoms with van der Waals surface area (Å²) in [6.07, 6.45) is -8.25. The summed E-state index contributed by atoms with van der Waals surface area (Å²) in [6, 6.07) is -0.734. The van der Waals surface area contributed by atoms with E-state index in [1.807, 2.05) is 0 Å². The predicted octanol–water partition coefficient (Wildman–Crippen LogP) is 1.32. The quantitative estimate of drug-likeness (QED) is 0.173. The van der Waals surface area contributed by atoms with E-state index in [1.54, 1.807) is 41.5 Å². The first-order chi connectivity index (χ1) is 19.1. The van der Waals surface area contributed by atoms with Gasteiger partial charge in [-0.3, -0.25) is 4.79 Å². The summed E-state index contributed by atoms with van der Waals surface area (Å²) in [4.78, 5) is 13.3. The second kappa shape index (κ2) is 14.0. The normalized spacial score (nSPS) is 48.8. The fourth-order valence-corrected chi connectivity index (χ4v) is 6.87. The van der Waals surface area contributed by atoms with Gasteiger partial charge in [0.2, 0.25) is 0 Å². The monoisotopic (exact) mass is 607 g/mol. The molecule has 2 heterocycles. The first kappa shape index (κ1) is 37.3. The summed E-state index contributed by atoms with van der Waals surface area (Å²) in [5.74, 6) is -3.98. The Morgan fingerprint density at radius 3 is 2.07 bits per heavy atom. The van der Waals surface area contributed by atoms with Crippen LogP contribution in [-0.2, 0) is 23.7 Å². The zero-order chi connectivity index (χ0) is 32.5. The van der Waals surface area contributed by atoms with Crippen LogP contribution in [-0.4, -0.2) is 124 Å². The molecule has 0 aliphatic carbocycles. The smallest absolute Gasteiger partial charge is 0.311 e. The van der Waals surface area contributed by atoms with Gasteiger partial charge in [-0.25, -0.2) is 0 Å². The maximum Gasteiger partial charge on any atom is 0.311 e. The molecule has 0 aromatic rings. The number of aliphatic hydroxyl groups excluding tert-OH is 4. The lowest BCUT2D eigenvalue weighted by molar-refractivity contribution is -0.874. The van der Waals surface area contributed by atoms with Crippen molar-refractivity contribution in [3.05, 3.63) is 5.21 Å². The summed E-state index contributed by atoms with van der Waals surface area (Å²) in [6.45, 7) is 13.2. The average Bonchev–Trinajstić information content (AvgIpc) is 2.91. The molecule has 2 aliphatic heterocycles. The molecule has 2 fully saturated rings. The third-order valence-corrected chi connectivity index (χ3v) is 9.89. The van der Waals surface area contributed by atoms with Gasteiger partial charge >= 0.3 is 5.97 Å². The Labute approximate surface area is 251 Å². The highest BCUT2D eigenvalue weighted by Gasteiger charge is 2.52. The number of quaternary nitrogens is 1. The van der Waals surface area contributed by atoms with Crippen LogP contribution in [0.25, 0.3) is 0 Å². The van der Waals surface area contributed by atoms with Crippen molar-refractivity contribution >= 4 is 5.97 Å². The summed E-state index contributed by atoms with van der Waals surface area (Å²) >= 11 is 0. The number of aliphatic hydroxyl groups is 5. The highest BCUT2D eigenvalue weighted by atomic mass is 16.7. The van der Waals surface area contributed by atoms with Gasteiger partial charge in [0.25, 0.3) is 0 Å². The molecule has 0 spiro atoms. The number of hydrogen-bond acceptors (Lipinski definition) is 11. The largest absolute Gasteiger partial charge is 0.633 e. The van der Waals surface area contributed by atoms with Gasteiger partial charge < -0.3 is 54.3 Å². The van der Waals surface area contributed by atoms with Crippen molar-refractivity contribution in [1.29, 1.82) is 0 Å². The lowest BCUT2D eigenvalue weighted by atomic mass is 9.73. The van der Waals surface area contributed by atoms with E-state index in [4.69, 9.17) is 18.9 Å². The molecule has 0 bridgehead atoms. The Kier molecular flexibility index (Phi) is 12.4. The van der Waals surface area contributed by atoms with Gasteiger partial charge in [0.15, 0.2) is 12.4 Å². The van der Waals surface area contributed by atoms with E-state index in [2.05, 4.69) is 0 Å². The van der Waals surface area contributed by atoms with Crippen molar-refractivity contribution in [2.24, 2.45) is 23.7 Å². The number of carbonyl (C=O) groups is 1. The van der Waals surface area contributed by atoms with Gasteiger partial charge in [-0.2, -0.15) is 0 Å². The van der Waals surface area contributed by atoms with Crippen molar-refractivity contribution in [1.82, 2.24) is 0 Å². The number of carbonyl (C=O) groups excluding carboxylic acids is 1. The maximum absolute atomic E-state index is 13.3. The predicted molar refractivity (Wildman–Crippen MR) is 155 cm³/mol. The Morgan fingerprint density at radius 1 is 1.00 bits per heavy atom. The van der Waals surface area contributed by atoms with Gasteiger partial charge in [-0.1, -0.05) is 27.7 Å². The van der Waals surface area contributed by atoms with Crippen LogP contribution in [0.5, 0.6) is 0 Å². The maximum atomic E-state index is 13.3. The molecule has 12 heteroatoms. The van der Waals surface area contributed by atoms with Gasteiger partial charge in [0.05, 0.1) is 56.1 Å². The zero-order valence-corrected chi connectivity index (χ0v) is 27.3. The van der Waals surface area contributed by atoms with Crippen LogP contribution in [0.15, 0.2) is 0 Å². The highest BCUT2D eigenvalue weighted by molar-refractivity contribution is 5.73. The van der Waals surface area contributed by atoms with Crippen LogP contribution in [0, 0.1) is 28.9 Å². The van der Waals surface area contributed by atoms with Crippen molar-refractivity contribution in [3.63, 3.8) is 0 Å². The summed E-state index contributed by atoms with van der Waals surface area (Å²) in [7, 11) is 4.36. The lowest BCUT2D eigenvalue weighted by Gasteiger charge is -2.51. The zero-order valence-electron chi connectivity index (χ0n) is 27.3. The fraction of sp³-hybridized carbons (Fsp3) is 0.967. The molecule has 12 nitrogen and oxygen atoms in total. The number of nitrogens with zero attached hydrogens (tertiary/aromatic N) is 1. The van der Waals surface area contributed by atoms with Gasteiger partial charge in [0, 0.05) is 25.4 Å². The van der Waals surface area contributed by atoms with E-state index < -0.39 is 101 Å². The van der Waals surface area contributed by atoms with E-state index in [9.17, 15) is 35.5 Å². The van der Waals surface area contributed by atoms with Gasteiger partial charge in [-0.05, 0) is 46.5 Å². The summed E-state index contributed by atoms with van der Waals surface area (Å²) in [5.41, 5.74) is -3.09. The molecule has 2 rings (SSSR count). The van der Waals surface area contributed by atoms with Crippen LogP contribution in [0.3, 0.4) is 0 Å². The van der Waals surface area contributed by atoms with E-state index in [0.29, 0.717) is 6.42 Å². The van der Waals surface area contributed by atoms with Crippen molar-refractivity contribution < 1.29 is 53.9 Å². The van der Waals surface area contributed by atoms with Crippen LogP contribution in [0.4, 0.5) is 0 Å². The molecule has 0 saturated carbocycles. The van der Waals surface area contributed by atoms with Crippen LogP contribution >= 0.6 is 0 Å². The summed E-state index contributed by atoms with van der Waals surface area (Å²) in [5, 5.41) is 69.4. The summed E-state index contributed by atoms with van der Waals surface area (Å²) < 4.78 is 23.3. The molecule has 42 heavy (non-hydrogen) atoms. The highest BCUT2D eigenvalue weighted by Crippen LogP contribution is 2.40. The Hall–Kier alpha value is -0.930. The minimum Gasteiger partial charge on any atom is -0.633 e. The molecule has 15 atom stereocenters. The Morgan fingerprint density at radius 2 is 1.57 bits per heavy atom. The third-order valence-electron chi connectivity index (χ3n) is 9.89. The molecular formula is C30H57NO11. The molecule has 0 radical (unpaired) electrons. The van der Waals surface area contributed by atoms with Crippen LogP contribution < -0.4 is 0 Å². The van der Waals surface area contributed by atoms with Crippen molar-refractivity contribution in [2.45, 2.75) is 141 Å². The Bertz CT molecular complexity index is 882. The van der Waals surface area contributed by atoms with E-state index in [1.165, 1.54) is 35.1 Å². The van der Waals surface area contributed by atoms with E-state index in [0.717, 1.165) is 0 Å². The minimum absolute atomic E-state index is 0.173. The first-order valence-corrected chi connectivity index (χ1v) is 15.2. The van der Waals surface area contributed by atoms with Crippen molar-refractivity contribution in [2.75, 3.05) is 21.2 Å². The number of ether oxygens (including phenoxy) is 4. The molecule has 248 valence electrons. The van der Waals surface area contributed by atoms with Crippen LogP contribution in [0.2, 0.25) is 0 Å². The molecule has 0 unspecified atom stereocenters. The number of methoxy groups -OCH3 is 1. The van der Waals surface area contributed by atoms with E-state index in [-0.39, 0.29) is 12.8 Å². The lowest BCUT2D eigenvalue weighted by Crippen LogP contribution is -2.63. The molecule has 0 aromatic carbocycles. The number of likely N-dealkylation sites (N-methyl/N-ethyl adjacent to an activating group) is 1. The van der Waals surface area contributed by atoms with Gasteiger partial charge in [-0.15, -0.1) is 0 Å². The SMILES string of the molecule is CC[C@H]1OC(=O)[C@H](C)[C@@H](O)[C@H](C)[C@@H](O[C@@H]2O[C@H](C)C[C@H]([N+](C)(C)[O-])[C@H]2O)[C@](C)(OC)C[C@@H](C)[C@H](O)[C@H](C)[C@@H](O)[C@]1(C)O. The number of cyclic esters (lactones) is 1. The molecule has 2 aliphatic rings. The minimum atomic E-state index is -1.88.